The minimum Gasteiger partial charge on any atom is -0.0998 e. The molecular formula is C36H46. The maximum absolute atomic E-state index is 4.60. The molecule has 0 spiro atoms. The van der Waals surface area contributed by atoms with Crippen molar-refractivity contribution in [2.45, 2.75) is 73.6 Å². The zero-order chi connectivity index (χ0) is 26.6. The average Bonchev–Trinajstić information content (AvgIpc) is 2.79. The second-order valence-electron chi connectivity index (χ2n) is 12.5. The van der Waals surface area contributed by atoms with E-state index in [9.17, 15) is 0 Å². The summed E-state index contributed by atoms with van der Waals surface area (Å²) in [7, 11) is 0. The molecule has 1 unspecified atom stereocenters. The molecule has 1 aliphatic rings. The Balaban J connectivity index is 1.77. The van der Waals surface area contributed by atoms with Gasteiger partial charge in [0.25, 0.3) is 0 Å². The van der Waals surface area contributed by atoms with Crippen LogP contribution in [0.25, 0.3) is 22.3 Å². The lowest BCUT2D eigenvalue weighted by atomic mass is 9.77. The third-order valence-electron chi connectivity index (χ3n) is 7.17. The summed E-state index contributed by atoms with van der Waals surface area (Å²) in [4.78, 5) is 0. The molecule has 0 heteroatoms. The lowest BCUT2D eigenvalue weighted by molar-refractivity contribution is 0.385. The molecule has 3 rings (SSSR count). The number of hydrogen-bond acceptors (Lipinski definition) is 0. The van der Waals surface area contributed by atoms with Crippen molar-refractivity contribution in [2.75, 3.05) is 0 Å². The van der Waals surface area contributed by atoms with Crippen LogP contribution in [0.1, 0.15) is 83.9 Å². The van der Waals surface area contributed by atoms with Crippen LogP contribution in [0, 0.1) is 17.3 Å². The second kappa shape index (κ2) is 11.5. The molecule has 2 aromatic rings. The van der Waals surface area contributed by atoms with E-state index in [1.165, 1.54) is 44.5 Å². The fourth-order valence-corrected chi connectivity index (χ4v) is 5.39. The van der Waals surface area contributed by atoms with Crippen LogP contribution in [0.2, 0.25) is 0 Å². The largest absolute Gasteiger partial charge is 0.0998 e. The van der Waals surface area contributed by atoms with Gasteiger partial charge in [0.2, 0.25) is 0 Å². The molecule has 0 fully saturated rings. The molecule has 0 saturated carbocycles. The zero-order valence-electron chi connectivity index (χ0n) is 23.6. The van der Waals surface area contributed by atoms with Gasteiger partial charge in [-0.2, -0.15) is 0 Å². The van der Waals surface area contributed by atoms with Crippen molar-refractivity contribution in [1.82, 2.24) is 0 Å². The SMILES string of the molecule is C=C(CC(CC(C)C)C(=C)CC1=CCc2ccc(-c3ccc(C(=C)C)cc3)cc2C1=C)CC(C)(C)C. The third kappa shape index (κ3) is 7.33. The van der Waals surface area contributed by atoms with Crippen molar-refractivity contribution < 1.29 is 0 Å². The number of rotatable bonds is 10. The number of allylic oxidation sites excluding steroid dienone is 6. The van der Waals surface area contributed by atoms with Crippen LogP contribution in [-0.2, 0) is 6.42 Å². The Hall–Kier alpha value is -2.86. The first kappa shape index (κ1) is 27.7. The summed E-state index contributed by atoms with van der Waals surface area (Å²) in [5.41, 5.74) is 12.8. The molecule has 0 aromatic heterocycles. The number of hydrogen-bond donors (Lipinski definition) is 0. The number of benzene rings is 2. The van der Waals surface area contributed by atoms with Crippen LogP contribution in [-0.4, -0.2) is 0 Å². The molecule has 0 aliphatic heterocycles. The van der Waals surface area contributed by atoms with Crippen LogP contribution < -0.4 is 0 Å². The van der Waals surface area contributed by atoms with E-state index >= 15 is 0 Å². The Kier molecular flexibility index (Phi) is 8.83. The predicted octanol–water partition coefficient (Wildman–Crippen LogP) is 10.9. The molecule has 0 saturated heterocycles. The quantitative estimate of drug-likeness (QED) is 0.298. The Morgan fingerprint density at radius 1 is 0.944 bits per heavy atom. The highest BCUT2D eigenvalue weighted by Crippen LogP contribution is 2.39. The normalized spacial score (nSPS) is 14.3. The third-order valence-corrected chi connectivity index (χ3v) is 7.17. The Bertz CT molecular complexity index is 1170. The molecule has 0 heterocycles. The van der Waals surface area contributed by atoms with Gasteiger partial charge < -0.3 is 0 Å². The summed E-state index contributed by atoms with van der Waals surface area (Å²) < 4.78 is 0. The Morgan fingerprint density at radius 2 is 1.58 bits per heavy atom. The molecule has 0 nitrogen and oxygen atoms in total. The Morgan fingerprint density at radius 3 is 2.17 bits per heavy atom. The topological polar surface area (TPSA) is 0 Å². The van der Waals surface area contributed by atoms with Gasteiger partial charge in [0.1, 0.15) is 0 Å². The average molecular weight is 479 g/mol. The summed E-state index contributed by atoms with van der Waals surface area (Å²) >= 11 is 0. The molecule has 0 N–H and O–H groups in total. The first-order valence-corrected chi connectivity index (χ1v) is 13.5. The fraction of sp³-hybridized carbons (Fsp3) is 0.389. The van der Waals surface area contributed by atoms with E-state index < -0.39 is 0 Å². The van der Waals surface area contributed by atoms with Crippen molar-refractivity contribution in [3.8, 4) is 11.1 Å². The van der Waals surface area contributed by atoms with Gasteiger partial charge in [0.05, 0.1) is 0 Å². The number of fused-ring (bicyclic) bond motifs is 1. The van der Waals surface area contributed by atoms with Crippen LogP contribution in [0.15, 0.2) is 91.6 Å². The molecule has 0 amide bonds. The highest BCUT2D eigenvalue weighted by atomic mass is 14.3. The highest BCUT2D eigenvalue weighted by molar-refractivity contribution is 5.84. The van der Waals surface area contributed by atoms with Crippen LogP contribution in [0.3, 0.4) is 0 Å². The molecule has 1 atom stereocenters. The van der Waals surface area contributed by atoms with Gasteiger partial charge in [-0.1, -0.05) is 120 Å². The maximum atomic E-state index is 4.60. The molecular weight excluding hydrogens is 432 g/mol. The second-order valence-corrected chi connectivity index (χ2v) is 12.5. The standard InChI is InChI=1S/C36H46/c1-24(2)19-34(20-26(5)23-36(8,9)10)27(6)21-32-17-15-31-16-18-33(22-35(31)28(32)7)30-13-11-29(12-14-30)25(3)4/h11-14,16-18,22,24,34H,3,5-7,15,19-21,23H2,1-2,4,8-10H3. The fourth-order valence-electron chi connectivity index (χ4n) is 5.39. The van der Waals surface area contributed by atoms with Crippen LogP contribution >= 0.6 is 0 Å². The van der Waals surface area contributed by atoms with Gasteiger partial charge in [0.15, 0.2) is 0 Å². The van der Waals surface area contributed by atoms with Crippen molar-refractivity contribution >= 4 is 11.1 Å². The van der Waals surface area contributed by atoms with Gasteiger partial charge in [0, 0.05) is 0 Å². The van der Waals surface area contributed by atoms with Gasteiger partial charge in [-0.15, -0.1) is 0 Å². The summed E-state index contributed by atoms with van der Waals surface area (Å²) in [6, 6.07) is 15.5. The molecule has 0 bridgehead atoms. The minimum absolute atomic E-state index is 0.271. The van der Waals surface area contributed by atoms with E-state index in [1.807, 2.05) is 6.92 Å². The van der Waals surface area contributed by atoms with E-state index in [4.69, 9.17) is 0 Å². The van der Waals surface area contributed by atoms with Crippen LogP contribution in [0.5, 0.6) is 0 Å². The first-order chi connectivity index (χ1) is 16.8. The lowest BCUT2D eigenvalue weighted by Crippen LogP contribution is -2.13. The van der Waals surface area contributed by atoms with Crippen LogP contribution in [0.4, 0.5) is 0 Å². The monoisotopic (exact) mass is 478 g/mol. The zero-order valence-corrected chi connectivity index (χ0v) is 23.6. The molecule has 190 valence electrons. The summed E-state index contributed by atoms with van der Waals surface area (Å²) in [5.74, 6) is 1.10. The smallest absolute Gasteiger partial charge is 0.00640 e. The highest BCUT2D eigenvalue weighted by Gasteiger charge is 2.22. The van der Waals surface area contributed by atoms with Crippen molar-refractivity contribution in [3.05, 3.63) is 108 Å². The van der Waals surface area contributed by atoms with Gasteiger partial charge in [-0.3, -0.25) is 0 Å². The molecule has 0 radical (unpaired) electrons. The molecule has 1 aliphatic carbocycles. The maximum Gasteiger partial charge on any atom is -0.00640 e. The molecule has 36 heavy (non-hydrogen) atoms. The summed E-state index contributed by atoms with van der Waals surface area (Å²) in [6.45, 7) is 31.2. The van der Waals surface area contributed by atoms with Gasteiger partial charge in [-0.25, -0.2) is 0 Å². The van der Waals surface area contributed by atoms with E-state index in [0.717, 1.165) is 43.3 Å². The minimum atomic E-state index is 0.271. The van der Waals surface area contributed by atoms with Crippen molar-refractivity contribution in [2.24, 2.45) is 17.3 Å². The summed E-state index contributed by atoms with van der Waals surface area (Å²) in [5, 5.41) is 0. The van der Waals surface area contributed by atoms with Gasteiger partial charge in [-0.05, 0) is 101 Å². The van der Waals surface area contributed by atoms with Crippen molar-refractivity contribution in [1.29, 1.82) is 0 Å². The lowest BCUT2D eigenvalue weighted by Gasteiger charge is -2.28. The summed E-state index contributed by atoms with van der Waals surface area (Å²) in [6.07, 6.45) is 7.48. The van der Waals surface area contributed by atoms with Gasteiger partial charge >= 0.3 is 0 Å². The molecule has 2 aromatic carbocycles. The van der Waals surface area contributed by atoms with E-state index in [2.05, 4.69) is 109 Å². The van der Waals surface area contributed by atoms with E-state index in [-0.39, 0.29) is 5.41 Å². The first-order valence-electron chi connectivity index (χ1n) is 13.5. The van der Waals surface area contributed by atoms with E-state index in [1.54, 1.807) is 0 Å². The van der Waals surface area contributed by atoms with E-state index in [0.29, 0.717) is 11.8 Å². The Labute approximate surface area is 221 Å². The predicted molar refractivity (Wildman–Crippen MR) is 162 cm³/mol. The van der Waals surface area contributed by atoms with Crippen molar-refractivity contribution in [3.63, 3.8) is 0 Å².